The number of carbonyl (C=O) groups excluding carboxylic acids is 1. The first-order valence-electron chi connectivity index (χ1n) is 10.3. The molecule has 0 spiro atoms. The van der Waals surface area contributed by atoms with Crippen LogP contribution in [0, 0.1) is 12.7 Å². The van der Waals surface area contributed by atoms with Crippen LogP contribution < -0.4 is 29.9 Å². The van der Waals surface area contributed by atoms with Gasteiger partial charge in [0.05, 0.1) is 19.8 Å². The quantitative estimate of drug-likeness (QED) is 0.536. The van der Waals surface area contributed by atoms with E-state index in [2.05, 4.69) is 5.32 Å². The maximum absolute atomic E-state index is 13.6. The van der Waals surface area contributed by atoms with Crippen LogP contribution in [0.5, 0.6) is 28.7 Å². The number of aromatic hydroxyl groups is 1. The SMILES string of the molecule is COc1cc(C(CC(=O)Nc2cccc(F)c2)c2c(O)cc(C)oc2=O)c(OC)c2c1OCO2. The average Bonchev–Trinajstić information content (AvgIpc) is 3.26. The smallest absolute Gasteiger partial charge is 0.343 e. The van der Waals surface area contributed by atoms with Crippen molar-refractivity contribution in [3.63, 3.8) is 0 Å². The molecule has 1 amide bonds. The van der Waals surface area contributed by atoms with Gasteiger partial charge in [0.2, 0.25) is 24.2 Å². The van der Waals surface area contributed by atoms with Gasteiger partial charge in [0.1, 0.15) is 17.3 Å². The van der Waals surface area contributed by atoms with Gasteiger partial charge in [0, 0.05) is 29.7 Å². The van der Waals surface area contributed by atoms with E-state index < -0.39 is 23.3 Å². The van der Waals surface area contributed by atoms with Crippen molar-refractivity contribution in [2.24, 2.45) is 0 Å². The van der Waals surface area contributed by atoms with Crippen LogP contribution >= 0.6 is 0 Å². The molecule has 0 radical (unpaired) electrons. The highest BCUT2D eigenvalue weighted by Crippen LogP contribution is 2.52. The van der Waals surface area contributed by atoms with Crippen LogP contribution in [0.3, 0.4) is 0 Å². The number of hydrogen-bond donors (Lipinski definition) is 2. The number of rotatable bonds is 7. The normalized spacial score (nSPS) is 12.8. The topological polar surface area (TPSA) is 116 Å². The maximum Gasteiger partial charge on any atom is 0.343 e. The van der Waals surface area contributed by atoms with Crippen LogP contribution in [0.25, 0.3) is 0 Å². The molecule has 2 aromatic carbocycles. The highest BCUT2D eigenvalue weighted by Gasteiger charge is 2.34. The molecule has 1 aliphatic heterocycles. The van der Waals surface area contributed by atoms with Crippen molar-refractivity contribution in [2.45, 2.75) is 19.3 Å². The first-order valence-corrected chi connectivity index (χ1v) is 10.3. The molecule has 178 valence electrons. The van der Waals surface area contributed by atoms with Crippen LogP contribution in [0.1, 0.15) is 29.2 Å². The standard InChI is InChI=1S/C24H22FNO8/c1-12-7-17(27)20(24(29)34-12)15(10-19(28)26-14-6-4-5-13(25)8-14)16-9-18(30-2)22-23(21(16)31-3)33-11-32-22/h4-9,15,27H,10-11H2,1-3H3,(H,26,28). The molecule has 1 aromatic heterocycles. The van der Waals surface area contributed by atoms with E-state index in [4.69, 9.17) is 23.4 Å². The van der Waals surface area contributed by atoms with Crippen LogP contribution in [-0.2, 0) is 4.79 Å². The van der Waals surface area contributed by atoms with Gasteiger partial charge in [-0.05, 0) is 31.2 Å². The minimum Gasteiger partial charge on any atom is -0.507 e. The summed E-state index contributed by atoms with van der Waals surface area (Å²) in [5.74, 6) is -1.22. The summed E-state index contributed by atoms with van der Waals surface area (Å²) in [6.07, 6.45) is -0.322. The fourth-order valence-electron chi connectivity index (χ4n) is 3.91. The lowest BCUT2D eigenvalue weighted by molar-refractivity contribution is -0.116. The number of ether oxygens (including phenoxy) is 4. The van der Waals surface area contributed by atoms with Gasteiger partial charge in [-0.1, -0.05) is 6.07 Å². The number of methoxy groups -OCH3 is 2. The number of benzene rings is 2. The number of halogens is 1. The van der Waals surface area contributed by atoms with Crippen LogP contribution in [0.2, 0.25) is 0 Å². The van der Waals surface area contributed by atoms with Gasteiger partial charge in [-0.15, -0.1) is 0 Å². The second-order valence-corrected chi connectivity index (χ2v) is 7.52. The summed E-state index contributed by atoms with van der Waals surface area (Å²) in [4.78, 5) is 25.8. The Balaban J connectivity index is 1.84. The van der Waals surface area contributed by atoms with Gasteiger partial charge in [0.15, 0.2) is 11.5 Å². The van der Waals surface area contributed by atoms with Crippen molar-refractivity contribution in [2.75, 3.05) is 26.3 Å². The van der Waals surface area contributed by atoms with E-state index in [9.17, 15) is 19.1 Å². The first-order chi connectivity index (χ1) is 16.3. The molecule has 0 fully saturated rings. The lowest BCUT2D eigenvalue weighted by Crippen LogP contribution is -2.21. The van der Waals surface area contributed by atoms with Gasteiger partial charge < -0.3 is 33.8 Å². The van der Waals surface area contributed by atoms with Crippen molar-refractivity contribution in [1.29, 1.82) is 0 Å². The van der Waals surface area contributed by atoms with E-state index in [-0.39, 0.29) is 53.2 Å². The predicted molar refractivity (Wildman–Crippen MR) is 119 cm³/mol. The fourth-order valence-corrected chi connectivity index (χ4v) is 3.91. The summed E-state index contributed by atoms with van der Waals surface area (Å²) in [5, 5.41) is 13.3. The van der Waals surface area contributed by atoms with Gasteiger partial charge in [-0.3, -0.25) is 4.79 Å². The van der Waals surface area contributed by atoms with Crippen molar-refractivity contribution in [3.8, 4) is 28.7 Å². The second kappa shape index (κ2) is 9.34. The number of fused-ring (bicyclic) bond motifs is 1. The van der Waals surface area contributed by atoms with E-state index in [0.717, 1.165) is 6.07 Å². The zero-order valence-electron chi connectivity index (χ0n) is 18.6. The number of carbonyl (C=O) groups is 1. The van der Waals surface area contributed by atoms with Gasteiger partial charge in [-0.2, -0.15) is 0 Å². The summed E-state index contributed by atoms with van der Waals surface area (Å²) in [7, 11) is 2.82. The molecule has 1 aliphatic rings. The minimum atomic E-state index is -1.04. The molecule has 4 rings (SSSR count). The zero-order chi connectivity index (χ0) is 24.4. The van der Waals surface area contributed by atoms with Crippen molar-refractivity contribution >= 4 is 11.6 Å². The lowest BCUT2D eigenvalue weighted by atomic mass is 9.87. The predicted octanol–water partition coefficient (Wildman–Crippen LogP) is 3.70. The van der Waals surface area contributed by atoms with Crippen molar-refractivity contribution < 1.29 is 37.7 Å². The van der Waals surface area contributed by atoms with E-state index in [1.807, 2.05) is 0 Å². The van der Waals surface area contributed by atoms with E-state index in [1.54, 1.807) is 6.07 Å². The average molecular weight is 471 g/mol. The zero-order valence-corrected chi connectivity index (χ0v) is 18.6. The van der Waals surface area contributed by atoms with E-state index >= 15 is 0 Å². The molecule has 2 N–H and O–H groups in total. The van der Waals surface area contributed by atoms with Crippen molar-refractivity contribution in [1.82, 2.24) is 0 Å². The Labute approximate surface area is 193 Å². The van der Waals surface area contributed by atoms with Gasteiger partial charge >= 0.3 is 5.63 Å². The molecule has 3 aromatic rings. The number of aryl methyl sites for hydroxylation is 1. The summed E-state index contributed by atoms with van der Waals surface area (Å²) in [6, 6.07) is 8.22. The number of anilines is 1. The number of amides is 1. The molecule has 1 atom stereocenters. The third kappa shape index (κ3) is 4.34. The molecule has 9 nitrogen and oxygen atoms in total. The monoisotopic (exact) mass is 471 g/mol. The van der Waals surface area contributed by atoms with Crippen LogP contribution in [0.15, 0.2) is 45.6 Å². The molecular formula is C24H22FNO8. The molecule has 0 bridgehead atoms. The summed E-state index contributed by atoms with van der Waals surface area (Å²) in [5.41, 5.74) is -0.414. The number of hydrogen-bond acceptors (Lipinski definition) is 8. The molecule has 2 heterocycles. The Morgan fingerprint density at radius 2 is 1.94 bits per heavy atom. The van der Waals surface area contributed by atoms with Crippen LogP contribution in [-0.4, -0.2) is 32.0 Å². The van der Waals surface area contributed by atoms with Crippen LogP contribution in [0.4, 0.5) is 10.1 Å². The third-order valence-corrected chi connectivity index (χ3v) is 5.33. The fraction of sp³-hybridized carbons (Fsp3) is 0.250. The summed E-state index contributed by atoms with van der Waals surface area (Å²) < 4.78 is 40.8. The Kier molecular flexibility index (Phi) is 6.31. The lowest BCUT2D eigenvalue weighted by Gasteiger charge is -2.22. The number of nitrogens with one attached hydrogen (secondary N) is 1. The highest BCUT2D eigenvalue weighted by molar-refractivity contribution is 5.91. The molecule has 1 unspecified atom stereocenters. The summed E-state index contributed by atoms with van der Waals surface area (Å²) >= 11 is 0. The Morgan fingerprint density at radius 3 is 2.62 bits per heavy atom. The highest BCUT2D eigenvalue weighted by atomic mass is 19.1. The molecule has 0 aliphatic carbocycles. The van der Waals surface area contributed by atoms with E-state index in [1.165, 1.54) is 45.4 Å². The van der Waals surface area contributed by atoms with Gasteiger partial charge in [0.25, 0.3) is 0 Å². The first kappa shape index (κ1) is 23.0. The summed E-state index contributed by atoms with van der Waals surface area (Å²) in [6.45, 7) is 1.44. The Bertz CT molecular complexity index is 1300. The Morgan fingerprint density at radius 1 is 1.18 bits per heavy atom. The van der Waals surface area contributed by atoms with E-state index in [0.29, 0.717) is 11.3 Å². The minimum absolute atomic E-state index is 0.0752. The Hall–Kier alpha value is -4.21. The third-order valence-electron chi connectivity index (χ3n) is 5.33. The molecule has 10 heteroatoms. The van der Waals surface area contributed by atoms with Gasteiger partial charge in [-0.25, -0.2) is 9.18 Å². The molecule has 34 heavy (non-hydrogen) atoms. The second-order valence-electron chi connectivity index (χ2n) is 7.52. The molecule has 0 saturated heterocycles. The largest absolute Gasteiger partial charge is 0.507 e. The maximum atomic E-state index is 13.6. The molecular weight excluding hydrogens is 449 g/mol. The van der Waals surface area contributed by atoms with Crippen molar-refractivity contribution in [3.05, 3.63) is 69.5 Å². The molecule has 0 saturated carbocycles.